The van der Waals surface area contributed by atoms with Gasteiger partial charge in [-0.15, -0.1) is 0 Å². The van der Waals surface area contributed by atoms with Gasteiger partial charge < -0.3 is 5.32 Å². The first kappa shape index (κ1) is 13.8. The van der Waals surface area contributed by atoms with E-state index < -0.39 is 0 Å². The highest BCUT2D eigenvalue weighted by molar-refractivity contribution is 9.10. The largest absolute Gasteiger partial charge is 0.345 e. The monoisotopic (exact) mass is 317 g/mol. The lowest BCUT2D eigenvalue weighted by Crippen LogP contribution is -2.26. The average Bonchev–Trinajstić information content (AvgIpc) is 2.39. The van der Waals surface area contributed by atoms with Crippen LogP contribution in [0.4, 0.5) is 0 Å². The van der Waals surface area contributed by atoms with Crippen molar-refractivity contribution in [2.45, 2.75) is 19.9 Å². The van der Waals surface area contributed by atoms with E-state index in [9.17, 15) is 4.79 Å². The minimum Gasteiger partial charge on any atom is -0.345 e. The highest BCUT2D eigenvalue weighted by atomic mass is 79.9. The number of amides is 1. The smallest absolute Gasteiger partial charge is 0.251 e. The topological polar surface area (TPSA) is 29.1 Å². The van der Waals surface area contributed by atoms with Gasteiger partial charge in [-0.2, -0.15) is 0 Å². The van der Waals surface area contributed by atoms with Gasteiger partial charge in [0, 0.05) is 10.0 Å². The van der Waals surface area contributed by atoms with Crippen LogP contribution in [0.25, 0.3) is 0 Å². The van der Waals surface area contributed by atoms with E-state index in [-0.39, 0.29) is 11.9 Å². The van der Waals surface area contributed by atoms with Crippen molar-refractivity contribution in [3.8, 4) is 0 Å². The molecule has 0 heterocycles. The molecule has 98 valence electrons. The summed E-state index contributed by atoms with van der Waals surface area (Å²) in [5.74, 6) is -0.0491. The first-order valence-electron chi connectivity index (χ1n) is 6.20. The standard InChI is InChI=1S/C16H16BrNO/c1-11-6-5-7-13(10-11)16(19)18-12(2)14-8-3-4-9-15(14)17/h3-10,12H,1-2H3,(H,18,19). The summed E-state index contributed by atoms with van der Waals surface area (Å²) < 4.78 is 1.01. The summed E-state index contributed by atoms with van der Waals surface area (Å²) in [5.41, 5.74) is 2.85. The number of nitrogens with one attached hydrogen (secondary N) is 1. The molecule has 1 amide bonds. The Labute approximate surface area is 122 Å². The van der Waals surface area contributed by atoms with Gasteiger partial charge in [-0.1, -0.05) is 51.8 Å². The number of halogens is 1. The molecule has 2 aromatic rings. The third-order valence-corrected chi connectivity index (χ3v) is 3.72. The summed E-state index contributed by atoms with van der Waals surface area (Å²) >= 11 is 3.50. The maximum Gasteiger partial charge on any atom is 0.251 e. The molecule has 0 fully saturated rings. The van der Waals surface area contributed by atoms with Gasteiger partial charge >= 0.3 is 0 Å². The zero-order chi connectivity index (χ0) is 13.8. The summed E-state index contributed by atoms with van der Waals surface area (Å²) in [6.07, 6.45) is 0. The Balaban J connectivity index is 2.13. The van der Waals surface area contributed by atoms with E-state index in [1.807, 2.05) is 62.4 Å². The molecule has 1 atom stereocenters. The predicted octanol–water partition coefficient (Wildman–Crippen LogP) is 4.25. The third-order valence-electron chi connectivity index (χ3n) is 3.00. The van der Waals surface area contributed by atoms with Gasteiger partial charge in [-0.05, 0) is 37.6 Å². The van der Waals surface area contributed by atoms with E-state index in [0.29, 0.717) is 5.56 Å². The quantitative estimate of drug-likeness (QED) is 0.901. The molecule has 0 spiro atoms. The molecule has 1 N–H and O–H groups in total. The van der Waals surface area contributed by atoms with E-state index >= 15 is 0 Å². The molecule has 19 heavy (non-hydrogen) atoms. The second-order valence-electron chi connectivity index (χ2n) is 4.59. The third kappa shape index (κ3) is 3.44. The summed E-state index contributed by atoms with van der Waals surface area (Å²) in [6, 6.07) is 15.5. The summed E-state index contributed by atoms with van der Waals surface area (Å²) in [7, 11) is 0. The number of hydrogen-bond donors (Lipinski definition) is 1. The fourth-order valence-electron chi connectivity index (χ4n) is 1.97. The number of benzene rings is 2. The summed E-state index contributed by atoms with van der Waals surface area (Å²) in [5, 5.41) is 3.01. The fourth-order valence-corrected chi connectivity index (χ4v) is 2.60. The van der Waals surface area contributed by atoms with Crippen LogP contribution >= 0.6 is 15.9 Å². The van der Waals surface area contributed by atoms with Crippen molar-refractivity contribution in [2.24, 2.45) is 0 Å². The molecule has 2 nitrogen and oxygen atoms in total. The molecule has 2 rings (SSSR count). The Morgan fingerprint density at radius 1 is 1.16 bits per heavy atom. The van der Waals surface area contributed by atoms with Crippen LogP contribution < -0.4 is 5.32 Å². The number of aryl methyl sites for hydroxylation is 1. The van der Waals surface area contributed by atoms with Crippen molar-refractivity contribution >= 4 is 21.8 Å². The van der Waals surface area contributed by atoms with Crippen molar-refractivity contribution < 1.29 is 4.79 Å². The molecule has 2 aromatic carbocycles. The molecule has 0 aliphatic rings. The van der Waals surface area contributed by atoms with Crippen molar-refractivity contribution in [3.63, 3.8) is 0 Å². The Bertz CT molecular complexity index is 595. The Morgan fingerprint density at radius 3 is 2.58 bits per heavy atom. The van der Waals surface area contributed by atoms with Crippen LogP contribution in [0.2, 0.25) is 0 Å². The predicted molar refractivity (Wildman–Crippen MR) is 81.2 cm³/mol. The summed E-state index contributed by atoms with van der Waals surface area (Å²) in [4.78, 5) is 12.2. The van der Waals surface area contributed by atoms with Crippen LogP contribution in [-0.2, 0) is 0 Å². The van der Waals surface area contributed by atoms with E-state index in [4.69, 9.17) is 0 Å². The molecular formula is C16H16BrNO. The second kappa shape index (κ2) is 6.02. The lowest BCUT2D eigenvalue weighted by Gasteiger charge is -2.16. The highest BCUT2D eigenvalue weighted by Crippen LogP contribution is 2.23. The normalized spacial score (nSPS) is 11.9. The van der Waals surface area contributed by atoms with Crippen LogP contribution in [0, 0.1) is 6.92 Å². The summed E-state index contributed by atoms with van der Waals surface area (Å²) in [6.45, 7) is 3.96. The van der Waals surface area contributed by atoms with Crippen LogP contribution in [0.1, 0.15) is 34.5 Å². The minimum absolute atomic E-state index is 0.0383. The van der Waals surface area contributed by atoms with Gasteiger partial charge in [0.15, 0.2) is 0 Å². The van der Waals surface area contributed by atoms with E-state index in [2.05, 4.69) is 21.2 Å². The lowest BCUT2D eigenvalue weighted by molar-refractivity contribution is 0.0939. The minimum atomic E-state index is -0.0491. The molecule has 1 unspecified atom stereocenters. The first-order chi connectivity index (χ1) is 9.08. The molecular weight excluding hydrogens is 302 g/mol. The van der Waals surface area contributed by atoms with Crippen molar-refractivity contribution in [2.75, 3.05) is 0 Å². The Hall–Kier alpha value is -1.61. The Morgan fingerprint density at radius 2 is 1.89 bits per heavy atom. The van der Waals surface area contributed by atoms with Crippen molar-refractivity contribution in [3.05, 3.63) is 69.7 Å². The van der Waals surface area contributed by atoms with Gasteiger partial charge in [0.05, 0.1) is 6.04 Å². The molecule has 0 saturated heterocycles. The van der Waals surface area contributed by atoms with Gasteiger partial charge in [-0.3, -0.25) is 4.79 Å². The molecule has 0 aromatic heterocycles. The zero-order valence-electron chi connectivity index (χ0n) is 11.0. The van der Waals surface area contributed by atoms with Crippen molar-refractivity contribution in [1.29, 1.82) is 0 Å². The van der Waals surface area contributed by atoms with Crippen molar-refractivity contribution in [1.82, 2.24) is 5.32 Å². The van der Waals surface area contributed by atoms with Crippen LogP contribution in [0.15, 0.2) is 53.0 Å². The molecule has 0 aliphatic heterocycles. The van der Waals surface area contributed by atoms with Crippen LogP contribution in [0.5, 0.6) is 0 Å². The zero-order valence-corrected chi connectivity index (χ0v) is 12.6. The molecule has 0 radical (unpaired) electrons. The van der Waals surface area contributed by atoms with Gasteiger partial charge in [-0.25, -0.2) is 0 Å². The van der Waals surface area contributed by atoms with Gasteiger partial charge in [0.2, 0.25) is 0 Å². The SMILES string of the molecule is Cc1cccc(C(=O)NC(C)c2ccccc2Br)c1. The molecule has 0 saturated carbocycles. The van der Waals surface area contributed by atoms with E-state index in [1.165, 1.54) is 0 Å². The average molecular weight is 318 g/mol. The highest BCUT2D eigenvalue weighted by Gasteiger charge is 2.13. The lowest BCUT2D eigenvalue weighted by atomic mass is 10.1. The molecule has 0 bridgehead atoms. The number of carbonyl (C=O) groups excluding carboxylic acids is 1. The first-order valence-corrected chi connectivity index (χ1v) is 6.99. The van der Waals surface area contributed by atoms with Crippen LogP contribution in [0.3, 0.4) is 0 Å². The molecule has 3 heteroatoms. The fraction of sp³-hybridized carbons (Fsp3) is 0.188. The maximum absolute atomic E-state index is 12.2. The van der Waals surface area contributed by atoms with Crippen LogP contribution in [-0.4, -0.2) is 5.91 Å². The number of carbonyl (C=O) groups is 1. The Kier molecular flexibility index (Phi) is 4.38. The van der Waals surface area contributed by atoms with E-state index in [0.717, 1.165) is 15.6 Å². The number of rotatable bonds is 3. The van der Waals surface area contributed by atoms with E-state index in [1.54, 1.807) is 0 Å². The maximum atomic E-state index is 12.2. The number of hydrogen-bond acceptors (Lipinski definition) is 1. The second-order valence-corrected chi connectivity index (χ2v) is 5.44. The van der Waals surface area contributed by atoms with Gasteiger partial charge in [0.25, 0.3) is 5.91 Å². The van der Waals surface area contributed by atoms with Gasteiger partial charge in [0.1, 0.15) is 0 Å². The molecule has 0 aliphatic carbocycles.